The van der Waals surface area contributed by atoms with E-state index >= 15 is 0 Å². The van der Waals surface area contributed by atoms with Gasteiger partial charge in [-0.2, -0.15) is 0 Å². The van der Waals surface area contributed by atoms with Crippen molar-refractivity contribution in [2.24, 2.45) is 11.3 Å². The number of likely N-dealkylation sites (tertiary alicyclic amines) is 1. The number of aliphatic carboxylic acids is 1. The van der Waals surface area contributed by atoms with Crippen LogP contribution in [0.1, 0.15) is 26.2 Å². The third-order valence-electron chi connectivity index (χ3n) is 6.65. The second kappa shape index (κ2) is 7.28. The Bertz CT molecular complexity index is 769. The topological polar surface area (TPSA) is 79.3 Å². The number of rotatable bonds is 5. The number of para-hydroxylation sites is 2. The van der Waals surface area contributed by atoms with E-state index < -0.39 is 11.4 Å². The molecule has 0 radical (unpaired) electrons. The Morgan fingerprint density at radius 3 is 2.82 bits per heavy atom. The van der Waals surface area contributed by atoms with Gasteiger partial charge in [-0.05, 0) is 37.8 Å². The molecule has 2 fully saturated rings. The minimum absolute atomic E-state index is 0.0111. The van der Waals surface area contributed by atoms with Crippen LogP contribution in [0, 0.1) is 11.3 Å². The third-order valence-corrected chi connectivity index (χ3v) is 6.65. The first kappa shape index (κ1) is 19.1. The zero-order chi connectivity index (χ0) is 19.9. The molecule has 1 N–H and O–H groups in total. The highest BCUT2D eigenvalue weighted by Gasteiger charge is 2.56. The number of ether oxygens (including phenoxy) is 2. The summed E-state index contributed by atoms with van der Waals surface area (Å²) < 4.78 is 11.7. The fraction of sp³-hybridized carbons (Fsp3) is 0.619. The van der Waals surface area contributed by atoms with E-state index in [0.717, 1.165) is 18.6 Å². The Balaban J connectivity index is 1.36. The number of amides is 1. The number of carboxylic acids is 1. The molecule has 2 heterocycles. The van der Waals surface area contributed by atoms with E-state index in [2.05, 4.69) is 0 Å². The summed E-state index contributed by atoms with van der Waals surface area (Å²) in [5, 5.41) is 9.77. The second-order valence-electron chi connectivity index (χ2n) is 8.37. The van der Waals surface area contributed by atoms with E-state index in [1.807, 2.05) is 36.1 Å². The van der Waals surface area contributed by atoms with E-state index in [1.54, 1.807) is 11.9 Å². The first-order valence-electron chi connectivity index (χ1n) is 10.0. The van der Waals surface area contributed by atoms with Gasteiger partial charge in [0.2, 0.25) is 5.91 Å². The van der Waals surface area contributed by atoms with Crippen molar-refractivity contribution in [3.8, 4) is 11.5 Å². The summed E-state index contributed by atoms with van der Waals surface area (Å²) in [4.78, 5) is 28.6. The van der Waals surface area contributed by atoms with E-state index in [-0.39, 0.29) is 24.0 Å². The van der Waals surface area contributed by atoms with Crippen LogP contribution in [0.4, 0.5) is 0 Å². The highest BCUT2D eigenvalue weighted by Crippen LogP contribution is 2.49. The standard InChI is InChI=1S/C21H28N2O5/c1-14(23-10-15-6-5-9-21(15,13-23)20(25)26)19(24)22(2)11-16-12-27-17-7-3-4-8-18(17)28-16/h3-4,7-8,14-16H,5-6,9-13H2,1-2H3,(H,25,26)/t14?,15-,16?,21+/m0/s1. The van der Waals surface area contributed by atoms with Gasteiger partial charge in [0.15, 0.2) is 17.6 Å². The molecule has 0 aromatic heterocycles. The van der Waals surface area contributed by atoms with Crippen molar-refractivity contribution < 1.29 is 24.2 Å². The molecule has 7 nitrogen and oxygen atoms in total. The van der Waals surface area contributed by atoms with Crippen molar-refractivity contribution in [2.45, 2.75) is 38.3 Å². The fourth-order valence-electron chi connectivity index (χ4n) is 5.00. The van der Waals surface area contributed by atoms with E-state index in [0.29, 0.717) is 38.4 Å². The smallest absolute Gasteiger partial charge is 0.311 e. The molecule has 3 aliphatic rings. The molecule has 1 saturated heterocycles. The minimum atomic E-state index is -0.711. The molecule has 4 rings (SSSR count). The lowest BCUT2D eigenvalue weighted by molar-refractivity contribution is -0.150. The van der Waals surface area contributed by atoms with Crippen molar-refractivity contribution in [1.29, 1.82) is 0 Å². The van der Waals surface area contributed by atoms with Crippen LogP contribution in [0.3, 0.4) is 0 Å². The molecular formula is C21H28N2O5. The maximum atomic E-state index is 13.0. The summed E-state index contributed by atoms with van der Waals surface area (Å²) in [6.45, 7) is 3.85. The Morgan fingerprint density at radius 2 is 2.11 bits per heavy atom. The zero-order valence-corrected chi connectivity index (χ0v) is 16.5. The van der Waals surface area contributed by atoms with Gasteiger partial charge in [-0.1, -0.05) is 18.6 Å². The van der Waals surface area contributed by atoms with Crippen LogP contribution in [-0.4, -0.2) is 72.2 Å². The van der Waals surface area contributed by atoms with Crippen molar-refractivity contribution in [2.75, 3.05) is 33.3 Å². The van der Waals surface area contributed by atoms with Crippen LogP contribution < -0.4 is 9.47 Å². The van der Waals surface area contributed by atoms with Gasteiger partial charge in [-0.25, -0.2) is 0 Å². The highest BCUT2D eigenvalue weighted by atomic mass is 16.6. The van der Waals surface area contributed by atoms with Crippen LogP contribution in [0.15, 0.2) is 24.3 Å². The van der Waals surface area contributed by atoms with Crippen LogP contribution >= 0.6 is 0 Å². The number of carbonyl (C=O) groups is 2. The predicted octanol–water partition coefficient (Wildman–Crippen LogP) is 1.86. The maximum Gasteiger partial charge on any atom is 0.311 e. The number of fused-ring (bicyclic) bond motifs is 2. The Morgan fingerprint density at radius 1 is 1.36 bits per heavy atom. The molecule has 2 aliphatic heterocycles. The predicted molar refractivity (Wildman–Crippen MR) is 102 cm³/mol. The normalized spacial score (nSPS) is 29.9. The first-order valence-corrected chi connectivity index (χ1v) is 10.0. The number of carboxylic acid groups (broad SMARTS) is 1. The number of benzene rings is 1. The average Bonchev–Trinajstić information content (AvgIpc) is 3.25. The Kier molecular flexibility index (Phi) is 4.95. The van der Waals surface area contributed by atoms with Crippen LogP contribution in [0.2, 0.25) is 0 Å². The van der Waals surface area contributed by atoms with Crippen molar-refractivity contribution >= 4 is 11.9 Å². The van der Waals surface area contributed by atoms with E-state index in [1.165, 1.54) is 0 Å². The van der Waals surface area contributed by atoms with E-state index in [9.17, 15) is 14.7 Å². The largest absolute Gasteiger partial charge is 0.486 e. The number of hydrogen-bond acceptors (Lipinski definition) is 5. The highest BCUT2D eigenvalue weighted by molar-refractivity contribution is 5.82. The van der Waals surface area contributed by atoms with Gasteiger partial charge in [-0.3, -0.25) is 14.5 Å². The monoisotopic (exact) mass is 388 g/mol. The summed E-state index contributed by atoms with van der Waals surface area (Å²) in [6.07, 6.45) is 2.39. The fourth-order valence-corrected chi connectivity index (χ4v) is 5.00. The number of hydrogen-bond donors (Lipinski definition) is 1. The number of likely N-dealkylation sites (N-methyl/N-ethyl adjacent to an activating group) is 1. The lowest BCUT2D eigenvalue weighted by Crippen LogP contribution is -2.49. The molecule has 4 atom stereocenters. The molecule has 1 aliphatic carbocycles. The molecule has 7 heteroatoms. The van der Waals surface area contributed by atoms with Crippen LogP contribution in [0.5, 0.6) is 11.5 Å². The summed E-state index contributed by atoms with van der Waals surface area (Å²) >= 11 is 0. The lowest BCUT2D eigenvalue weighted by Gasteiger charge is -2.33. The molecule has 1 saturated carbocycles. The van der Waals surface area contributed by atoms with E-state index in [4.69, 9.17) is 9.47 Å². The van der Waals surface area contributed by atoms with Gasteiger partial charge in [-0.15, -0.1) is 0 Å². The molecule has 2 unspecified atom stereocenters. The summed E-state index contributed by atoms with van der Waals surface area (Å²) in [7, 11) is 1.77. The Hall–Kier alpha value is -2.28. The second-order valence-corrected chi connectivity index (χ2v) is 8.37. The SMILES string of the molecule is CC(C(=O)N(C)CC1COc2ccccc2O1)N1C[C@@H]2CCC[C@@]2(C(=O)O)C1. The van der Waals surface area contributed by atoms with Gasteiger partial charge in [0.1, 0.15) is 6.61 Å². The van der Waals surface area contributed by atoms with Gasteiger partial charge < -0.3 is 19.5 Å². The number of carbonyl (C=O) groups excluding carboxylic acids is 1. The van der Waals surface area contributed by atoms with Gasteiger partial charge in [0.25, 0.3) is 0 Å². The van der Waals surface area contributed by atoms with Crippen molar-refractivity contribution in [3.63, 3.8) is 0 Å². The maximum absolute atomic E-state index is 13.0. The lowest BCUT2D eigenvalue weighted by atomic mass is 9.81. The van der Waals surface area contributed by atoms with Crippen molar-refractivity contribution in [3.05, 3.63) is 24.3 Å². The van der Waals surface area contributed by atoms with Gasteiger partial charge in [0, 0.05) is 20.1 Å². The first-order chi connectivity index (χ1) is 13.4. The zero-order valence-electron chi connectivity index (χ0n) is 16.5. The molecule has 1 aromatic rings. The third kappa shape index (κ3) is 3.21. The van der Waals surface area contributed by atoms with Crippen LogP contribution in [-0.2, 0) is 9.59 Å². The average molecular weight is 388 g/mol. The molecule has 1 amide bonds. The summed E-state index contributed by atoms with van der Waals surface area (Å²) in [5.74, 6) is 0.851. The summed E-state index contributed by atoms with van der Waals surface area (Å²) in [5.41, 5.74) is -0.670. The molecular weight excluding hydrogens is 360 g/mol. The van der Waals surface area contributed by atoms with Crippen LogP contribution in [0.25, 0.3) is 0 Å². The Labute approximate surface area is 165 Å². The van der Waals surface area contributed by atoms with Gasteiger partial charge >= 0.3 is 5.97 Å². The minimum Gasteiger partial charge on any atom is -0.486 e. The summed E-state index contributed by atoms with van der Waals surface area (Å²) in [6, 6.07) is 7.17. The number of nitrogens with zero attached hydrogens (tertiary/aromatic N) is 2. The van der Waals surface area contributed by atoms with Gasteiger partial charge in [0.05, 0.1) is 18.0 Å². The molecule has 152 valence electrons. The molecule has 0 spiro atoms. The molecule has 1 aromatic carbocycles. The quantitative estimate of drug-likeness (QED) is 0.830. The molecule has 0 bridgehead atoms. The molecule has 28 heavy (non-hydrogen) atoms. The van der Waals surface area contributed by atoms with Crippen molar-refractivity contribution in [1.82, 2.24) is 9.80 Å².